The van der Waals surface area contributed by atoms with Gasteiger partial charge in [0, 0.05) is 24.6 Å². The molecule has 0 bridgehead atoms. The Labute approximate surface area is 113 Å². The Bertz CT molecular complexity index is 473. The molecule has 1 aromatic carbocycles. The van der Waals surface area contributed by atoms with Gasteiger partial charge in [-0.05, 0) is 31.0 Å². The summed E-state index contributed by atoms with van der Waals surface area (Å²) in [6.07, 6.45) is 2.88. The highest BCUT2D eigenvalue weighted by atomic mass is 16.5. The molecule has 1 unspecified atom stereocenters. The van der Waals surface area contributed by atoms with Gasteiger partial charge < -0.3 is 14.9 Å². The lowest BCUT2D eigenvalue weighted by Gasteiger charge is -2.44. The predicted molar refractivity (Wildman–Crippen MR) is 72.6 cm³/mol. The number of phenols is 2. The Morgan fingerprint density at radius 3 is 2.95 bits per heavy atom. The fourth-order valence-corrected chi connectivity index (χ4v) is 3.36. The first-order valence-electron chi connectivity index (χ1n) is 7.09. The smallest absolute Gasteiger partial charge is 0.161 e. The molecule has 3 rings (SSSR count). The van der Waals surface area contributed by atoms with Gasteiger partial charge in [0.15, 0.2) is 11.5 Å². The van der Waals surface area contributed by atoms with E-state index in [0.29, 0.717) is 12.5 Å². The SMILES string of the molecule is CCCN1CCO[C@@H]2Cc3c(ccc(O)c3O)CC21. The van der Waals surface area contributed by atoms with Gasteiger partial charge >= 0.3 is 0 Å². The third kappa shape index (κ3) is 2.19. The van der Waals surface area contributed by atoms with Crippen molar-refractivity contribution in [3.63, 3.8) is 0 Å². The number of aromatic hydroxyl groups is 2. The van der Waals surface area contributed by atoms with Crippen molar-refractivity contribution >= 4 is 0 Å². The topological polar surface area (TPSA) is 52.9 Å². The van der Waals surface area contributed by atoms with Crippen LogP contribution in [0.5, 0.6) is 11.5 Å². The molecular weight excluding hydrogens is 242 g/mol. The second kappa shape index (κ2) is 5.02. The van der Waals surface area contributed by atoms with E-state index >= 15 is 0 Å². The fraction of sp³-hybridized carbons (Fsp3) is 0.600. The van der Waals surface area contributed by atoms with Gasteiger partial charge in [-0.25, -0.2) is 0 Å². The van der Waals surface area contributed by atoms with E-state index in [1.54, 1.807) is 6.07 Å². The van der Waals surface area contributed by atoms with E-state index in [0.717, 1.165) is 43.7 Å². The van der Waals surface area contributed by atoms with E-state index in [9.17, 15) is 10.2 Å². The molecule has 1 heterocycles. The maximum absolute atomic E-state index is 9.98. The number of hydrogen-bond acceptors (Lipinski definition) is 4. The van der Waals surface area contributed by atoms with Crippen LogP contribution in [0.3, 0.4) is 0 Å². The van der Waals surface area contributed by atoms with Crippen LogP contribution in [0.1, 0.15) is 24.5 Å². The van der Waals surface area contributed by atoms with E-state index in [2.05, 4.69) is 11.8 Å². The van der Waals surface area contributed by atoms with Crippen molar-refractivity contribution in [3.8, 4) is 11.5 Å². The highest BCUT2D eigenvalue weighted by Crippen LogP contribution is 2.38. The summed E-state index contributed by atoms with van der Waals surface area (Å²) >= 11 is 0. The van der Waals surface area contributed by atoms with E-state index < -0.39 is 0 Å². The third-order valence-corrected chi connectivity index (χ3v) is 4.31. The summed E-state index contributed by atoms with van der Waals surface area (Å²) in [5.41, 5.74) is 2.00. The number of rotatable bonds is 2. The number of fused-ring (bicyclic) bond motifs is 2. The molecule has 104 valence electrons. The minimum Gasteiger partial charge on any atom is -0.504 e. The highest BCUT2D eigenvalue weighted by Gasteiger charge is 2.37. The zero-order valence-electron chi connectivity index (χ0n) is 11.3. The zero-order valence-corrected chi connectivity index (χ0v) is 11.3. The molecule has 0 amide bonds. The molecule has 1 fully saturated rings. The molecule has 1 aromatic rings. The second-order valence-electron chi connectivity index (χ2n) is 5.49. The summed E-state index contributed by atoms with van der Waals surface area (Å²) in [5, 5.41) is 19.6. The van der Waals surface area contributed by atoms with Gasteiger partial charge in [-0.15, -0.1) is 0 Å². The van der Waals surface area contributed by atoms with Crippen LogP contribution in [-0.2, 0) is 17.6 Å². The maximum Gasteiger partial charge on any atom is 0.161 e. The van der Waals surface area contributed by atoms with Crippen molar-refractivity contribution < 1.29 is 14.9 Å². The van der Waals surface area contributed by atoms with Crippen molar-refractivity contribution in [2.45, 2.75) is 38.3 Å². The first-order valence-corrected chi connectivity index (χ1v) is 7.09. The summed E-state index contributed by atoms with van der Waals surface area (Å²) in [4.78, 5) is 2.50. The van der Waals surface area contributed by atoms with Crippen molar-refractivity contribution in [3.05, 3.63) is 23.3 Å². The molecular formula is C15H21NO3. The van der Waals surface area contributed by atoms with Crippen LogP contribution in [0.25, 0.3) is 0 Å². The summed E-state index contributed by atoms with van der Waals surface area (Å²) in [7, 11) is 0. The molecule has 19 heavy (non-hydrogen) atoms. The van der Waals surface area contributed by atoms with Gasteiger partial charge in [-0.2, -0.15) is 0 Å². The van der Waals surface area contributed by atoms with E-state index in [1.165, 1.54) is 0 Å². The maximum atomic E-state index is 9.98. The first-order chi connectivity index (χ1) is 9.20. The Morgan fingerprint density at radius 1 is 1.32 bits per heavy atom. The number of phenolic OH excluding ortho intramolecular Hbond substituents is 2. The largest absolute Gasteiger partial charge is 0.504 e. The van der Waals surface area contributed by atoms with Gasteiger partial charge in [-0.1, -0.05) is 13.0 Å². The van der Waals surface area contributed by atoms with Crippen molar-refractivity contribution in [2.24, 2.45) is 0 Å². The van der Waals surface area contributed by atoms with Crippen LogP contribution < -0.4 is 0 Å². The quantitative estimate of drug-likeness (QED) is 0.797. The summed E-state index contributed by atoms with van der Waals surface area (Å²) in [6, 6.07) is 3.92. The molecule has 4 heteroatoms. The number of hydrogen-bond donors (Lipinski definition) is 2. The molecule has 2 aliphatic rings. The normalized spacial score (nSPS) is 26.8. The lowest BCUT2D eigenvalue weighted by molar-refractivity contribution is -0.0741. The van der Waals surface area contributed by atoms with Crippen molar-refractivity contribution in [2.75, 3.05) is 19.7 Å². The molecule has 0 saturated carbocycles. The number of morpholine rings is 1. The van der Waals surface area contributed by atoms with Gasteiger partial charge in [0.2, 0.25) is 0 Å². The zero-order chi connectivity index (χ0) is 13.4. The van der Waals surface area contributed by atoms with Gasteiger partial charge in [0.1, 0.15) is 0 Å². The molecule has 0 radical (unpaired) electrons. The van der Waals surface area contributed by atoms with E-state index in [4.69, 9.17) is 4.74 Å². The number of ether oxygens (including phenoxy) is 1. The predicted octanol–water partition coefficient (Wildman–Crippen LogP) is 1.68. The molecule has 2 atom stereocenters. The summed E-state index contributed by atoms with van der Waals surface area (Å²) < 4.78 is 5.88. The lowest BCUT2D eigenvalue weighted by Crippen LogP contribution is -2.55. The lowest BCUT2D eigenvalue weighted by atomic mass is 9.83. The molecule has 4 nitrogen and oxygen atoms in total. The van der Waals surface area contributed by atoms with Crippen LogP contribution in [-0.4, -0.2) is 47.0 Å². The molecule has 2 N–H and O–H groups in total. The Morgan fingerprint density at radius 2 is 2.16 bits per heavy atom. The van der Waals surface area contributed by atoms with Crippen LogP contribution in [0.15, 0.2) is 12.1 Å². The average Bonchev–Trinajstić information content (AvgIpc) is 2.42. The average molecular weight is 263 g/mol. The molecule has 1 aliphatic heterocycles. The van der Waals surface area contributed by atoms with Gasteiger partial charge in [-0.3, -0.25) is 4.90 Å². The number of benzene rings is 1. The Balaban J connectivity index is 1.90. The molecule has 1 saturated heterocycles. The molecule has 0 aromatic heterocycles. The second-order valence-corrected chi connectivity index (χ2v) is 5.49. The third-order valence-electron chi connectivity index (χ3n) is 4.31. The highest BCUT2D eigenvalue weighted by molar-refractivity contribution is 5.50. The van der Waals surface area contributed by atoms with Gasteiger partial charge in [0.05, 0.1) is 12.7 Å². The van der Waals surface area contributed by atoms with Crippen molar-refractivity contribution in [1.29, 1.82) is 0 Å². The Kier molecular flexibility index (Phi) is 3.37. The van der Waals surface area contributed by atoms with Crippen LogP contribution in [0, 0.1) is 0 Å². The molecule has 0 spiro atoms. The monoisotopic (exact) mass is 263 g/mol. The number of nitrogens with zero attached hydrogens (tertiary/aromatic N) is 1. The first kappa shape index (κ1) is 12.8. The molecule has 1 aliphatic carbocycles. The summed E-state index contributed by atoms with van der Waals surface area (Å²) in [6.45, 7) is 5.06. The fourth-order valence-electron chi connectivity index (χ4n) is 3.36. The van der Waals surface area contributed by atoms with E-state index in [1.807, 2.05) is 6.07 Å². The van der Waals surface area contributed by atoms with Crippen LogP contribution in [0.2, 0.25) is 0 Å². The summed E-state index contributed by atoms with van der Waals surface area (Å²) in [5.74, 6) is 0.00517. The minimum absolute atomic E-state index is 0.0292. The van der Waals surface area contributed by atoms with Crippen LogP contribution >= 0.6 is 0 Å². The van der Waals surface area contributed by atoms with Gasteiger partial charge in [0.25, 0.3) is 0 Å². The minimum atomic E-state index is -0.0292. The standard InChI is InChI=1S/C15H21NO3/c1-2-5-16-6-7-19-14-9-11-10(8-12(14)16)3-4-13(17)15(11)18/h3-4,12,14,17-18H,2,5-9H2,1H3/t12?,14-/m1/s1. The van der Waals surface area contributed by atoms with Crippen LogP contribution in [0.4, 0.5) is 0 Å². The van der Waals surface area contributed by atoms with Crippen molar-refractivity contribution in [1.82, 2.24) is 4.90 Å². The Hall–Kier alpha value is -1.26. The van der Waals surface area contributed by atoms with E-state index in [-0.39, 0.29) is 17.6 Å².